The van der Waals surface area contributed by atoms with Crippen LogP contribution in [0.4, 0.5) is 5.69 Å². The molecule has 7 heteroatoms. The number of ether oxygens (including phenoxy) is 2. The van der Waals surface area contributed by atoms with E-state index in [0.29, 0.717) is 0 Å². The summed E-state index contributed by atoms with van der Waals surface area (Å²) >= 11 is 5.24. The summed E-state index contributed by atoms with van der Waals surface area (Å²) in [5.41, 5.74) is -0.651. The first-order chi connectivity index (χ1) is 7.51. The molecule has 0 aliphatic heterocycles. The standard InChI is InChI=1S/C9H8ClNO5/c1-15-7-3-5(9(10)12)6(11(13)14)4-8(7)16-2/h3-4H,1-2H3. The predicted molar refractivity (Wildman–Crippen MR) is 56.4 cm³/mol. The lowest BCUT2D eigenvalue weighted by atomic mass is 10.1. The lowest BCUT2D eigenvalue weighted by Gasteiger charge is -2.08. The molecule has 1 rings (SSSR count). The molecule has 0 amide bonds. The van der Waals surface area contributed by atoms with Gasteiger partial charge in [-0.05, 0) is 11.6 Å². The van der Waals surface area contributed by atoms with Crippen LogP contribution >= 0.6 is 11.6 Å². The smallest absolute Gasteiger partial charge is 0.285 e. The van der Waals surface area contributed by atoms with E-state index >= 15 is 0 Å². The van der Waals surface area contributed by atoms with Crippen LogP contribution in [0.3, 0.4) is 0 Å². The van der Waals surface area contributed by atoms with Gasteiger partial charge in [0.1, 0.15) is 5.56 Å². The lowest BCUT2D eigenvalue weighted by molar-refractivity contribution is -0.385. The summed E-state index contributed by atoms with van der Waals surface area (Å²) in [6, 6.07) is 2.26. The minimum Gasteiger partial charge on any atom is -0.493 e. The molecule has 0 atom stereocenters. The van der Waals surface area contributed by atoms with Crippen molar-refractivity contribution in [1.82, 2.24) is 0 Å². The van der Waals surface area contributed by atoms with E-state index < -0.39 is 15.9 Å². The van der Waals surface area contributed by atoms with Gasteiger partial charge in [-0.3, -0.25) is 14.9 Å². The molecular formula is C9H8ClNO5. The zero-order valence-corrected chi connectivity index (χ0v) is 9.28. The summed E-state index contributed by atoms with van der Waals surface area (Å²) in [7, 11) is 2.69. The third-order valence-corrected chi connectivity index (χ3v) is 2.11. The highest BCUT2D eigenvalue weighted by molar-refractivity contribution is 6.68. The van der Waals surface area contributed by atoms with Gasteiger partial charge in [0.25, 0.3) is 10.9 Å². The first kappa shape index (κ1) is 12.3. The molecule has 0 N–H and O–H groups in total. The maximum atomic E-state index is 11.0. The summed E-state index contributed by atoms with van der Waals surface area (Å²) in [4.78, 5) is 21.0. The van der Waals surface area contributed by atoms with E-state index in [1.165, 1.54) is 20.3 Å². The van der Waals surface area contributed by atoms with Crippen LogP contribution in [0, 0.1) is 10.1 Å². The Balaban J connectivity index is 3.47. The molecule has 0 aromatic heterocycles. The Bertz CT molecular complexity index is 405. The predicted octanol–water partition coefficient (Wildman–Crippen LogP) is 1.99. The normalized spacial score (nSPS) is 9.69. The first-order valence-electron chi connectivity index (χ1n) is 4.11. The molecule has 0 saturated heterocycles. The van der Waals surface area contributed by atoms with Crippen LogP contribution in [0.5, 0.6) is 11.5 Å². The van der Waals surface area contributed by atoms with Crippen molar-refractivity contribution in [2.24, 2.45) is 0 Å². The van der Waals surface area contributed by atoms with Crippen LogP contribution in [0.1, 0.15) is 10.4 Å². The van der Waals surface area contributed by atoms with E-state index in [1.807, 2.05) is 0 Å². The maximum Gasteiger partial charge on any atom is 0.285 e. The van der Waals surface area contributed by atoms with Crippen molar-refractivity contribution in [3.63, 3.8) is 0 Å². The summed E-state index contributed by atoms with van der Waals surface area (Å²) < 4.78 is 9.78. The van der Waals surface area contributed by atoms with Gasteiger partial charge in [-0.15, -0.1) is 0 Å². The van der Waals surface area contributed by atoms with Gasteiger partial charge in [0, 0.05) is 6.07 Å². The quantitative estimate of drug-likeness (QED) is 0.460. The second-order valence-electron chi connectivity index (χ2n) is 2.76. The van der Waals surface area contributed by atoms with Crippen molar-refractivity contribution in [3.8, 4) is 11.5 Å². The number of nitro benzene ring substituents is 1. The van der Waals surface area contributed by atoms with Crippen molar-refractivity contribution in [3.05, 3.63) is 27.8 Å². The van der Waals surface area contributed by atoms with E-state index in [2.05, 4.69) is 0 Å². The molecule has 0 aliphatic rings. The number of nitro groups is 1. The van der Waals surface area contributed by atoms with Gasteiger partial charge in [-0.25, -0.2) is 0 Å². The molecule has 0 spiro atoms. The van der Waals surface area contributed by atoms with Crippen LogP contribution in [-0.2, 0) is 0 Å². The Morgan fingerprint density at radius 1 is 1.31 bits per heavy atom. The van der Waals surface area contributed by atoms with Crippen LogP contribution in [-0.4, -0.2) is 24.4 Å². The number of carbonyl (C=O) groups excluding carboxylic acids is 1. The number of carbonyl (C=O) groups is 1. The molecule has 0 bridgehead atoms. The summed E-state index contributed by atoms with van der Waals surface area (Å²) in [6.07, 6.45) is 0. The molecular weight excluding hydrogens is 238 g/mol. The molecule has 0 heterocycles. The molecule has 6 nitrogen and oxygen atoms in total. The maximum absolute atomic E-state index is 11.0. The highest BCUT2D eigenvalue weighted by Gasteiger charge is 2.23. The second-order valence-corrected chi connectivity index (χ2v) is 3.10. The number of hydrogen-bond acceptors (Lipinski definition) is 5. The second kappa shape index (κ2) is 4.80. The van der Waals surface area contributed by atoms with Gasteiger partial charge in [0.15, 0.2) is 11.5 Å². The number of rotatable bonds is 4. The fraction of sp³-hybridized carbons (Fsp3) is 0.222. The highest BCUT2D eigenvalue weighted by atomic mass is 35.5. The average Bonchev–Trinajstić information content (AvgIpc) is 2.26. The first-order valence-corrected chi connectivity index (χ1v) is 4.49. The van der Waals surface area contributed by atoms with Crippen LogP contribution in [0.2, 0.25) is 0 Å². The molecule has 0 fully saturated rings. The molecule has 86 valence electrons. The molecule has 0 radical (unpaired) electrons. The zero-order valence-electron chi connectivity index (χ0n) is 8.52. The molecule has 0 aliphatic carbocycles. The number of halogens is 1. The zero-order chi connectivity index (χ0) is 12.3. The van der Waals surface area contributed by atoms with E-state index in [0.717, 1.165) is 6.07 Å². The minimum atomic E-state index is -0.923. The summed E-state index contributed by atoms with van der Waals surface area (Å²) in [6.45, 7) is 0. The molecule has 1 aromatic rings. The van der Waals surface area contributed by atoms with Crippen LogP contribution in [0.25, 0.3) is 0 Å². The highest BCUT2D eigenvalue weighted by Crippen LogP contribution is 2.34. The average molecular weight is 246 g/mol. The summed E-state index contributed by atoms with van der Waals surface area (Å²) in [5.74, 6) is 0.368. The molecule has 1 aromatic carbocycles. The van der Waals surface area contributed by atoms with Gasteiger partial charge >= 0.3 is 0 Å². The van der Waals surface area contributed by atoms with E-state index in [-0.39, 0.29) is 17.1 Å². The Labute approximate surface area is 95.9 Å². The molecule has 16 heavy (non-hydrogen) atoms. The van der Waals surface area contributed by atoms with Gasteiger partial charge in [-0.1, -0.05) is 0 Å². The van der Waals surface area contributed by atoms with Gasteiger partial charge in [-0.2, -0.15) is 0 Å². The summed E-state index contributed by atoms with van der Waals surface area (Å²) in [5, 5.41) is 9.77. The molecule has 0 saturated carbocycles. The largest absolute Gasteiger partial charge is 0.493 e. The monoisotopic (exact) mass is 245 g/mol. The fourth-order valence-electron chi connectivity index (χ4n) is 1.18. The number of benzene rings is 1. The molecule has 0 unspecified atom stereocenters. The van der Waals surface area contributed by atoms with Crippen molar-refractivity contribution in [2.75, 3.05) is 14.2 Å². The SMILES string of the molecule is COc1cc(C(=O)Cl)c([N+](=O)[O-])cc1OC. The Morgan fingerprint density at radius 3 is 2.19 bits per heavy atom. The lowest BCUT2D eigenvalue weighted by Crippen LogP contribution is -2.01. The van der Waals surface area contributed by atoms with Crippen LogP contribution < -0.4 is 9.47 Å². The third-order valence-electron chi connectivity index (χ3n) is 1.91. The van der Waals surface area contributed by atoms with Gasteiger partial charge in [0.05, 0.1) is 25.2 Å². The number of nitrogens with zero attached hydrogens (tertiary/aromatic N) is 1. The van der Waals surface area contributed by atoms with Crippen molar-refractivity contribution < 1.29 is 19.2 Å². The number of hydrogen-bond donors (Lipinski definition) is 0. The Morgan fingerprint density at radius 2 is 1.81 bits per heavy atom. The Kier molecular flexibility index (Phi) is 3.68. The topological polar surface area (TPSA) is 78.7 Å². The van der Waals surface area contributed by atoms with E-state index in [9.17, 15) is 14.9 Å². The van der Waals surface area contributed by atoms with Crippen molar-refractivity contribution in [2.45, 2.75) is 0 Å². The van der Waals surface area contributed by atoms with E-state index in [4.69, 9.17) is 21.1 Å². The Hall–Kier alpha value is -1.82. The van der Waals surface area contributed by atoms with Gasteiger partial charge < -0.3 is 9.47 Å². The third kappa shape index (κ3) is 2.22. The van der Waals surface area contributed by atoms with Crippen LogP contribution in [0.15, 0.2) is 12.1 Å². The van der Waals surface area contributed by atoms with Gasteiger partial charge in [0.2, 0.25) is 0 Å². The van der Waals surface area contributed by atoms with Crippen molar-refractivity contribution in [1.29, 1.82) is 0 Å². The number of methoxy groups -OCH3 is 2. The van der Waals surface area contributed by atoms with E-state index in [1.54, 1.807) is 0 Å². The fourth-order valence-corrected chi connectivity index (χ4v) is 1.33. The van der Waals surface area contributed by atoms with Crippen molar-refractivity contribution >= 4 is 22.5 Å². The minimum absolute atomic E-state index is 0.163.